The Balaban J connectivity index is 2.04. The van der Waals surface area contributed by atoms with E-state index in [-0.39, 0.29) is 10.6 Å². The van der Waals surface area contributed by atoms with E-state index < -0.39 is 10.0 Å². The van der Waals surface area contributed by atoms with Crippen molar-refractivity contribution in [3.63, 3.8) is 0 Å². The van der Waals surface area contributed by atoms with Gasteiger partial charge in [-0.25, -0.2) is 13.1 Å². The molecule has 1 aromatic carbocycles. The minimum absolute atomic E-state index is 0.123. The fraction of sp³-hybridized carbons (Fsp3) is 0.500. The minimum Gasteiger partial charge on any atom is -0.398 e. The van der Waals surface area contributed by atoms with Gasteiger partial charge in [-0.3, -0.25) is 0 Å². The highest BCUT2D eigenvalue weighted by atomic mass is 32.2. The highest BCUT2D eigenvalue weighted by Gasteiger charge is 2.20. The Kier molecular flexibility index (Phi) is 3.77. The van der Waals surface area contributed by atoms with Crippen molar-refractivity contribution in [2.45, 2.75) is 24.2 Å². The molecule has 100 valence electrons. The van der Waals surface area contributed by atoms with Crippen LogP contribution in [-0.2, 0) is 10.0 Å². The number of nitrogens with two attached hydrogens (primary N) is 1. The van der Waals surface area contributed by atoms with E-state index in [0.717, 1.165) is 24.6 Å². The first kappa shape index (κ1) is 13.2. The molecular formula is C12H19N3O2S. The first-order valence-corrected chi connectivity index (χ1v) is 7.58. The zero-order valence-corrected chi connectivity index (χ0v) is 11.3. The molecule has 1 aliphatic rings. The Hall–Kier alpha value is -1.27. The lowest BCUT2D eigenvalue weighted by molar-refractivity contribution is 0.588. The fourth-order valence-electron chi connectivity index (χ4n) is 1.84. The molecule has 0 spiro atoms. The Morgan fingerprint density at radius 2 is 2.11 bits per heavy atom. The summed E-state index contributed by atoms with van der Waals surface area (Å²) in [5, 5.41) is 3.26. The molecule has 0 saturated heterocycles. The Morgan fingerprint density at radius 3 is 2.67 bits per heavy atom. The van der Waals surface area contributed by atoms with Gasteiger partial charge in [0.2, 0.25) is 10.0 Å². The molecule has 1 aliphatic carbocycles. The van der Waals surface area contributed by atoms with Crippen LogP contribution in [0.1, 0.15) is 19.3 Å². The second-order valence-corrected chi connectivity index (χ2v) is 6.47. The van der Waals surface area contributed by atoms with Gasteiger partial charge < -0.3 is 11.1 Å². The minimum atomic E-state index is -3.47. The number of nitrogens with one attached hydrogen (secondary N) is 2. The van der Waals surface area contributed by atoms with Crippen molar-refractivity contribution in [3.05, 3.63) is 18.2 Å². The van der Waals surface area contributed by atoms with Crippen LogP contribution < -0.4 is 15.8 Å². The lowest BCUT2D eigenvalue weighted by Gasteiger charge is -2.10. The summed E-state index contributed by atoms with van der Waals surface area (Å²) in [7, 11) is -2.10. The first-order valence-electron chi connectivity index (χ1n) is 6.10. The van der Waals surface area contributed by atoms with E-state index in [1.54, 1.807) is 12.1 Å². The molecule has 0 aliphatic heterocycles. The maximum absolute atomic E-state index is 11.6. The van der Waals surface area contributed by atoms with Crippen molar-refractivity contribution in [3.8, 4) is 0 Å². The molecular weight excluding hydrogens is 250 g/mol. The molecule has 0 unspecified atom stereocenters. The summed E-state index contributed by atoms with van der Waals surface area (Å²) in [4.78, 5) is 0.123. The summed E-state index contributed by atoms with van der Waals surface area (Å²) in [5.74, 6) is 0.874. The van der Waals surface area contributed by atoms with Crippen molar-refractivity contribution in [2.24, 2.45) is 5.92 Å². The Morgan fingerprint density at radius 1 is 1.39 bits per heavy atom. The number of benzene rings is 1. The molecule has 0 radical (unpaired) electrons. The average molecular weight is 269 g/mol. The van der Waals surface area contributed by atoms with E-state index >= 15 is 0 Å². The van der Waals surface area contributed by atoms with Gasteiger partial charge in [-0.05, 0) is 37.6 Å². The third kappa shape index (κ3) is 3.14. The van der Waals surface area contributed by atoms with Crippen LogP contribution in [0.5, 0.6) is 0 Å². The SMILES string of the molecule is CNS(=O)(=O)c1ccc(NCCC2CC2)cc1N. The maximum atomic E-state index is 11.6. The van der Waals surface area contributed by atoms with E-state index in [4.69, 9.17) is 5.73 Å². The van der Waals surface area contributed by atoms with Gasteiger partial charge in [-0.1, -0.05) is 12.8 Å². The van der Waals surface area contributed by atoms with Crippen LogP contribution in [0.15, 0.2) is 23.1 Å². The number of rotatable bonds is 6. The number of sulfonamides is 1. The summed E-state index contributed by atoms with van der Waals surface area (Å²) < 4.78 is 25.5. The van der Waals surface area contributed by atoms with E-state index in [9.17, 15) is 8.42 Å². The highest BCUT2D eigenvalue weighted by molar-refractivity contribution is 7.89. The maximum Gasteiger partial charge on any atom is 0.242 e. The largest absolute Gasteiger partial charge is 0.398 e. The normalized spacial score (nSPS) is 15.6. The predicted molar refractivity (Wildman–Crippen MR) is 72.9 cm³/mol. The van der Waals surface area contributed by atoms with Crippen LogP contribution in [0.4, 0.5) is 11.4 Å². The van der Waals surface area contributed by atoms with Gasteiger partial charge in [0, 0.05) is 12.2 Å². The van der Waals surface area contributed by atoms with Crippen molar-refractivity contribution in [2.75, 3.05) is 24.6 Å². The topological polar surface area (TPSA) is 84.2 Å². The van der Waals surface area contributed by atoms with Crippen LogP contribution in [-0.4, -0.2) is 22.0 Å². The molecule has 1 aromatic rings. The second-order valence-electron chi connectivity index (χ2n) is 4.62. The van der Waals surface area contributed by atoms with Crippen molar-refractivity contribution >= 4 is 21.4 Å². The number of anilines is 2. The predicted octanol–water partition coefficient (Wildman–Crippen LogP) is 1.39. The molecule has 18 heavy (non-hydrogen) atoms. The number of hydrogen-bond acceptors (Lipinski definition) is 4. The molecule has 0 atom stereocenters. The van der Waals surface area contributed by atoms with Gasteiger partial charge in [0.1, 0.15) is 4.90 Å². The smallest absolute Gasteiger partial charge is 0.242 e. The van der Waals surface area contributed by atoms with E-state index in [1.165, 1.54) is 26.0 Å². The van der Waals surface area contributed by atoms with Gasteiger partial charge in [-0.15, -0.1) is 0 Å². The lowest BCUT2D eigenvalue weighted by Crippen LogP contribution is -2.20. The molecule has 1 fully saturated rings. The van der Waals surface area contributed by atoms with E-state index in [2.05, 4.69) is 10.0 Å². The number of nitrogen functional groups attached to an aromatic ring is 1. The second kappa shape index (κ2) is 5.16. The van der Waals surface area contributed by atoms with Crippen LogP contribution in [0.25, 0.3) is 0 Å². The fourth-order valence-corrected chi connectivity index (χ4v) is 2.68. The molecule has 2 rings (SSSR count). The molecule has 0 aromatic heterocycles. The summed E-state index contributed by atoms with van der Waals surface area (Å²) in [6, 6.07) is 4.94. The first-order chi connectivity index (χ1) is 8.53. The summed E-state index contributed by atoms with van der Waals surface area (Å²) >= 11 is 0. The molecule has 0 heterocycles. The van der Waals surface area contributed by atoms with Gasteiger partial charge in [-0.2, -0.15) is 0 Å². The molecule has 1 saturated carbocycles. The van der Waals surface area contributed by atoms with E-state index in [1.807, 2.05) is 0 Å². The monoisotopic (exact) mass is 269 g/mol. The van der Waals surface area contributed by atoms with Crippen molar-refractivity contribution in [1.29, 1.82) is 0 Å². The molecule has 4 N–H and O–H groups in total. The zero-order chi connectivity index (χ0) is 13.2. The summed E-state index contributed by atoms with van der Waals surface area (Å²) in [5.41, 5.74) is 6.90. The summed E-state index contributed by atoms with van der Waals surface area (Å²) in [6.07, 6.45) is 3.84. The quantitative estimate of drug-likeness (QED) is 0.681. The number of hydrogen-bond donors (Lipinski definition) is 3. The Labute approximate surface area is 108 Å². The highest BCUT2D eigenvalue weighted by Crippen LogP contribution is 2.32. The van der Waals surface area contributed by atoms with Crippen LogP contribution in [0.2, 0.25) is 0 Å². The van der Waals surface area contributed by atoms with E-state index in [0.29, 0.717) is 0 Å². The summed E-state index contributed by atoms with van der Waals surface area (Å²) in [6.45, 7) is 0.905. The molecule has 0 amide bonds. The van der Waals surface area contributed by atoms with Gasteiger partial charge in [0.25, 0.3) is 0 Å². The third-order valence-corrected chi connectivity index (χ3v) is 4.63. The van der Waals surface area contributed by atoms with Crippen molar-refractivity contribution in [1.82, 2.24) is 4.72 Å². The van der Waals surface area contributed by atoms with Crippen LogP contribution in [0.3, 0.4) is 0 Å². The molecule has 6 heteroatoms. The lowest BCUT2D eigenvalue weighted by atomic mass is 10.2. The van der Waals surface area contributed by atoms with Crippen molar-refractivity contribution < 1.29 is 8.42 Å². The average Bonchev–Trinajstić information content (AvgIpc) is 3.13. The molecule has 5 nitrogen and oxygen atoms in total. The molecule has 0 bridgehead atoms. The Bertz CT molecular complexity index is 524. The third-order valence-electron chi connectivity index (χ3n) is 3.15. The van der Waals surface area contributed by atoms with Crippen LogP contribution in [0, 0.1) is 5.92 Å². The zero-order valence-electron chi connectivity index (χ0n) is 10.4. The van der Waals surface area contributed by atoms with Gasteiger partial charge >= 0.3 is 0 Å². The van der Waals surface area contributed by atoms with Crippen LogP contribution >= 0.6 is 0 Å². The van der Waals surface area contributed by atoms with Gasteiger partial charge in [0.05, 0.1) is 5.69 Å². The standard InChI is InChI=1S/C12H19N3O2S/c1-14-18(16,17)12-5-4-10(8-11(12)13)15-7-6-9-2-3-9/h4-5,8-9,14-15H,2-3,6-7,13H2,1H3. The van der Waals surface area contributed by atoms with Gasteiger partial charge in [0.15, 0.2) is 0 Å².